The summed E-state index contributed by atoms with van der Waals surface area (Å²) >= 11 is 18.8. The lowest BCUT2D eigenvalue weighted by Gasteiger charge is -2.09. The van der Waals surface area contributed by atoms with E-state index in [4.69, 9.17) is 11.6 Å². The predicted molar refractivity (Wildman–Crippen MR) is 99.1 cm³/mol. The first-order chi connectivity index (χ1) is 9.54. The molecular weight excluding hydrogens is 487 g/mol. The molecule has 0 aliphatic carbocycles. The Hall–Kier alpha value is 0.130. The number of benzene rings is 2. The van der Waals surface area contributed by atoms with Crippen LogP contribution in [0.15, 0.2) is 55.2 Å². The molecule has 1 atom stereocenters. The molecule has 0 spiro atoms. The molecule has 1 aromatic heterocycles. The van der Waals surface area contributed by atoms with Gasteiger partial charge in [-0.1, -0.05) is 34.1 Å². The third kappa shape index (κ3) is 3.00. The van der Waals surface area contributed by atoms with E-state index in [1.165, 1.54) is 10.8 Å². The number of fused-ring (bicyclic) bond motifs is 1. The van der Waals surface area contributed by atoms with E-state index in [1.54, 1.807) is 11.3 Å². The first-order valence-electron chi connectivity index (χ1n) is 5.82. The van der Waals surface area contributed by atoms with Crippen molar-refractivity contribution in [3.8, 4) is 0 Å². The van der Waals surface area contributed by atoms with Crippen molar-refractivity contribution in [2.75, 3.05) is 0 Å². The van der Waals surface area contributed by atoms with Crippen molar-refractivity contribution < 1.29 is 0 Å². The van der Waals surface area contributed by atoms with Crippen molar-refractivity contribution in [2.24, 2.45) is 0 Å². The van der Waals surface area contributed by atoms with Crippen molar-refractivity contribution in [3.05, 3.63) is 65.6 Å². The van der Waals surface area contributed by atoms with E-state index >= 15 is 0 Å². The Balaban J connectivity index is 2.03. The Morgan fingerprint density at radius 1 is 0.900 bits per heavy atom. The number of halogens is 4. The van der Waals surface area contributed by atoms with Crippen LogP contribution >= 0.6 is 70.7 Å². The van der Waals surface area contributed by atoms with E-state index < -0.39 is 0 Å². The Morgan fingerprint density at radius 3 is 2.30 bits per heavy atom. The van der Waals surface area contributed by atoms with Gasteiger partial charge in [0.15, 0.2) is 0 Å². The van der Waals surface area contributed by atoms with Gasteiger partial charge >= 0.3 is 0 Å². The highest BCUT2D eigenvalue weighted by Gasteiger charge is 2.15. The van der Waals surface area contributed by atoms with Crippen molar-refractivity contribution >= 4 is 81.5 Å². The average molecular weight is 495 g/mol. The van der Waals surface area contributed by atoms with Crippen LogP contribution in [0.2, 0.25) is 0 Å². The van der Waals surface area contributed by atoms with Crippen LogP contribution in [-0.4, -0.2) is 0 Å². The first-order valence-corrected chi connectivity index (χ1v) is 9.46. The molecule has 1 unspecified atom stereocenters. The van der Waals surface area contributed by atoms with Gasteiger partial charge in [-0.25, -0.2) is 0 Å². The summed E-state index contributed by atoms with van der Waals surface area (Å²) in [4.78, 5) is 1.13. The van der Waals surface area contributed by atoms with Gasteiger partial charge in [0.1, 0.15) is 0 Å². The highest BCUT2D eigenvalue weighted by atomic mass is 79.9. The van der Waals surface area contributed by atoms with E-state index in [2.05, 4.69) is 84.2 Å². The summed E-state index contributed by atoms with van der Waals surface area (Å²) in [6, 6.07) is 14.7. The van der Waals surface area contributed by atoms with Crippen LogP contribution in [0.3, 0.4) is 0 Å². The molecular formula is C15H8Br3ClS. The number of hydrogen-bond acceptors (Lipinski definition) is 1. The minimum atomic E-state index is -0.129. The molecule has 102 valence electrons. The summed E-state index contributed by atoms with van der Waals surface area (Å²) in [7, 11) is 0. The van der Waals surface area contributed by atoms with E-state index in [9.17, 15) is 0 Å². The van der Waals surface area contributed by atoms with Crippen LogP contribution in [0.25, 0.3) is 10.8 Å². The van der Waals surface area contributed by atoms with Crippen molar-refractivity contribution in [2.45, 2.75) is 5.38 Å². The topological polar surface area (TPSA) is 0 Å². The molecule has 1 heterocycles. The zero-order chi connectivity index (χ0) is 14.3. The lowest BCUT2D eigenvalue weighted by molar-refractivity contribution is 1.19. The highest BCUT2D eigenvalue weighted by Crippen LogP contribution is 2.41. The van der Waals surface area contributed by atoms with E-state index in [-0.39, 0.29) is 5.38 Å². The van der Waals surface area contributed by atoms with Gasteiger partial charge in [0.05, 0.1) is 9.16 Å². The van der Waals surface area contributed by atoms with Gasteiger partial charge in [-0.3, -0.25) is 0 Å². The largest absolute Gasteiger partial charge is 0.130 e. The van der Waals surface area contributed by atoms with Gasteiger partial charge < -0.3 is 0 Å². The third-order valence-corrected chi connectivity index (χ3v) is 7.46. The SMILES string of the molecule is ClC(c1ccc2cc(Br)ccc2c1)c1cc(Br)c(Br)s1. The van der Waals surface area contributed by atoms with Gasteiger partial charge in [-0.15, -0.1) is 22.9 Å². The molecule has 0 amide bonds. The van der Waals surface area contributed by atoms with Crippen molar-refractivity contribution in [1.29, 1.82) is 0 Å². The molecule has 20 heavy (non-hydrogen) atoms. The zero-order valence-corrected chi connectivity index (χ0v) is 16.4. The Bertz CT molecular complexity index is 762. The highest BCUT2D eigenvalue weighted by molar-refractivity contribution is 9.13. The van der Waals surface area contributed by atoms with Crippen molar-refractivity contribution in [1.82, 2.24) is 0 Å². The van der Waals surface area contributed by atoms with Gasteiger partial charge in [-0.05, 0) is 72.5 Å². The Morgan fingerprint density at radius 2 is 1.60 bits per heavy atom. The van der Waals surface area contributed by atoms with Gasteiger partial charge in [0.2, 0.25) is 0 Å². The average Bonchev–Trinajstić information content (AvgIpc) is 2.77. The number of rotatable bonds is 2. The second-order valence-corrected chi connectivity index (χ2v) is 8.99. The third-order valence-electron chi connectivity index (χ3n) is 3.03. The summed E-state index contributed by atoms with van der Waals surface area (Å²) in [6.45, 7) is 0. The summed E-state index contributed by atoms with van der Waals surface area (Å²) < 4.78 is 3.21. The van der Waals surface area contributed by atoms with Crippen LogP contribution in [0.1, 0.15) is 15.8 Å². The Kier molecular flexibility index (Phi) is 4.58. The lowest BCUT2D eigenvalue weighted by atomic mass is 10.0. The van der Waals surface area contributed by atoms with Gasteiger partial charge in [0, 0.05) is 13.8 Å². The van der Waals surface area contributed by atoms with Crippen molar-refractivity contribution in [3.63, 3.8) is 0 Å². The Labute approximate surface area is 151 Å². The molecule has 0 saturated carbocycles. The zero-order valence-electron chi connectivity index (χ0n) is 10.0. The monoisotopic (exact) mass is 492 g/mol. The molecule has 0 bridgehead atoms. The second-order valence-electron chi connectivity index (χ2n) is 4.38. The minimum Gasteiger partial charge on any atom is -0.130 e. The molecule has 3 rings (SSSR count). The maximum absolute atomic E-state index is 6.61. The minimum absolute atomic E-state index is 0.129. The predicted octanol–water partition coefficient (Wildman–Crippen LogP) is 7.52. The van der Waals surface area contributed by atoms with Crippen LogP contribution in [0.5, 0.6) is 0 Å². The summed E-state index contributed by atoms with van der Waals surface area (Å²) in [5.74, 6) is 0. The van der Waals surface area contributed by atoms with E-state index in [0.717, 1.165) is 23.2 Å². The number of alkyl halides is 1. The first kappa shape index (κ1) is 15.0. The van der Waals surface area contributed by atoms with Crippen LogP contribution in [-0.2, 0) is 0 Å². The quantitative estimate of drug-likeness (QED) is 0.323. The standard InChI is InChI=1S/C15H8Br3ClS/c16-11-4-3-8-5-10(2-1-9(8)6-11)14(19)13-7-12(17)15(18)20-13/h1-7,14H. The van der Waals surface area contributed by atoms with Crippen LogP contribution < -0.4 is 0 Å². The molecule has 0 aliphatic rings. The van der Waals surface area contributed by atoms with E-state index in [0.29, 0.717) is 0 Å². The maximum Gasteiger partial charge on any atom is 0.0928 e. The molecule has 2 aromatic carbocycles. The molecule has 0 radical (unpaired) electrons. The number of hydrogen-bond donors (Lipinski definition) is 0. The molecule has 0 aliphatic heterocycles. The normalized spacial score (nSPS) is 12.8. The molecule has 3 aromatic rings. The van der Waals surface area contributed by atoms with Gasteiger partial charge in [-0.2, -0.15) is 0 Å². The fourth-order valence-electron chi connectivity index (χ4n) is 2.05. The molecule has 5 heteroatoms. The molecule has 0 N–H and O–H groups in total. The number of thiophene rings is 1. The maximum atomic E-state index is 6.61. The molecule has 0 saturated heterocycles. The summed E-state index contributed by atoms with van der Waals surface area (Å²) in [5.41, 5.74) is 1.11. The lowest BCUT2D eigenvalue weighted by Crippen LogP contribution is -1.90. The smallest absolute Gasteiger partial charge is 0.0928 e. The van der Waals surface area contributed by atoms with Gasteiger partial charge in [0.25, 0.3) is 0 Å². The summed E-state index contributed by atoms with van der Waals surface area (Å²) in [6.07, 6.45) is 0. The van der Waals surface area contributed by atoms with E-state index in [1.807, 2.05) is 6.07 Å². The summed E-state index contributed by atoms with van der Waals surface area (Å²) in [5, 5.41) is 2.28. The second kappa shape index (κ2) is 6.09. The molecule has 0 nitrogen and oxygen atoms in total. The van der Waals surface area contributed by atoms with Crippen LogP contribution in [0, 0.1) is 0 Å². The molecule has 0 fully saturated rings. The fourth-order valence-corrected chi connectivity index (χ4v) is 4.85. The fraction of sp³-hybridized carbons (Fsp3) is 0.0667. The van der Waals surface area contributed by atoms with Crippen LogP contribution in [0.4, 0.5) is 0 Å².